The molecule has 1 saturated heterocycles. The summed E-state index contributed by atoms with van der Waals surface area (Å²) in [6.07, 6.45) is -0.782. The third kappa shape index (κ3) is 3.69. The highest BCUT2D eigenvalue weighted by Gasteiger charge is 2.35. The smallest absolute Gasteiger partial charge is 0.375 e. The van der Waals surface area contributed by atoms with Gasteiger partial charge in [-0.15, -0.1) is 0 Å². The number of fused-ring (bicyclic) bond motifs is 1. The molecular weight excluding hydrogens is 377 g/mol. The van der Waals surface area contributed by atoms with E-state index in [0.29, 0.717) is 17.4 Å². The summed E-state index contributed by atoms with van der Waals surface area (Å²) in [6, 6.07) is 3.91. The number of para-hydroxylation sites is 1. The van der Waals surface area contributed by atoms with Gasteiger partial charge in [-0.1, -0.05) is 12.1 Å². The van der Waals surface area contributed by atoms with Crippen LogP contribution >= 0.6 is 0 Å². The molecule has 9 heteroatoms. The highest BCUT2D eigenvalue weighted by Crippen LogP contribution is 2.28. The zero-order chi connectivity index (χ0) is 19.9. The number of esters is 1. The third-order valence-corrected chi connectivity index (χ3v) is 6.59. The number of benzene rings is 1. The number of sulfone groups is 1. The molecule has 2 atom stereocenters. The number of carbonyl (C=O) groups is 2. The van der Waals surface area contributed by atoms with Crippen molar-refractivity contribution < 1.29 is 31.6 Å². The van der Waals surface area contributed by atoms with E-state index in [0.717, 1.165) is 0 Å². The SMILES string of the molecule is Cc1c(C(=O)O[C@@H](C)C(=O)N(C)[C@H]2CCS(=O)(=O)C2)oc2c(F)cccc12. The number of rotatable bonds is 4. The highest BCUT2D eigenvalue weighted by atomic mass is 32.2. The first kappa shape index (κ1) is 19.3. The van der Waals surface area contributed by atoms with Gasteiger partial charge in [0.15, 0.2) is 27.3 Å². The molecule has 7 nitrogen and oxygen atoms in total. The molecule has 0 bridgehead atoms. The number of aryl methyl sites for hydroxylation is 1. The van der Waals surface area contributed by atoms with Crippen LogP contribution in [-0.2, 0) is 19.4 Å². The molecule has 0 unspecified atom stereocenters. The van der Waals surface area contributed by atoms with E-state index in [1.165, 1.54) is 31.0 Å². The van der Waals surface area contributed by atoms with E-state index in [1.807, 2.05) is 0 Å². The molecule has 0 radical (unpaired) electrons. The van der Waals surface area contributed by atoms with Crippen molar-refractivity contribution in [2.45, 2.75) is 32.4 Å². The van der Waals surface area contributed by atoms with E-state index in [-0.39, 0.29) is 22.8 Å². The van der Waals surface area contributed by atoms with Crippen molar-refractivity contribution in [3.05, 3.63) is 35.3 Å². The molecule has 146 valence electrons. The maximum atomic E-state index is 13.8. The Morgan fingerprint density at radius 1 is 1.37 bits per heavy atom. The van der Waals surface area contributed by atoms with E-state index in [9.17, 15) is 22.4 Å². The lowest BCUT2D eigenvalue weighted by atomic mass is 10.1. The fraction of sp³-hybridized carbons (Fsp3) is 0.444. The summed E-state index contributed by atoms with van der Waals surface area (Å²) in [6.45, 7) is 3.00. The number of ether oxygens (including phenoxy) is 1. The van der Waals surface area contributed by atoms with Gasteiger partial charge in [-0.05, 0) is 26.3 Å². The van der Waals surface area contributed by atoms with Crippen LogP contribution < -0.4 is 0 Å². The number of halogens is 1. The quantitative estimate of drug-likeness (QED) is 0.733. The zero-order valence-electron chi connectivity index (χ0n) is 15.2. The number of hydrogen-bond donors (Lipinski definition) is 0. The molecule has 1 aliphatic rings. The maximum Gasteiger partial charge on any atom is 0.375 e. The van der Waals surface area contributed by atoms with Gasteiger partial charge in [-0.3, -0.25) is 4.79 Å². The van der Waals surface area contributed by atoms with Gasteiger partial charge in [0, 0.05) is 24.0 Å². The van der Waals surface area contributed by atoms with Crippen LogP contribution in [0.15, 0.2) is 22.6 Å². The van der Waals surface area contributed by atoms with Crippen molar-refractivity contribution in [1.29, 1.82) is 0 Å². The minimum atomic E-state index is -3.14. The molecule has 2 heterocycles. The summed E-state index contributed by atoms with van der Waals surface area (Å²) in [5.74, 6) is -2.21. The molecule has 0 saturated carbocycles. The molecule has 1 amide bonds. The minimum Gasteiger partial charge on any atom is -0.447 e. The number of amides is 1. The standard InChI is InChI=1S/C18H20FNO6S/c1-10-13-5-4-6-14(19)16(13)26-15(10)18(22)25-11(2)17(21)20(3)12-7-8-27(23,24)9-12/h4-6,11-12H,7-9H2,1-3H3/t11-,12-/m0/s1. The summed E-state index contributed by atoms with van der Waals surface area (Å²) < 4.78 is 47.5. The lowest BCUT2D eigenvalue weighted by molar-refractivity contribution is -0.140. The van der Waals surface area contributed by atoms with Crippen molar-refractivity contribution in [1.82, 2.24) is 4.90 Å². The largest absolute Gasteiger partial charge is 0.447 e. The lowest BCUT2D eigenvalue weighted by Crippen LogP contribution is -2.44. The van der Waals surface area contributed by atoms with Crippen LogP contribution in [0.1, 0.15) is 29.5 Å². The van der Waals surface area contributed by atoms with E-state index in [1.54, 1.807) is 13.0 Å². The lowest BCUT2D eigenvalue weighted by Gasteiger charge is -2.26. The Kier molecular flexibility index (Phi) is 4.98. The second-order valence-electron chi connectivity index (χ2n) is 6.73. The summed E-state index contributed by atoms with van der Waals surface area (Å²) in [7, 11) is -1.66. The van der Waals surface area contributed by atoms with E-state index >= 15 is 0 Å². The Bertz CT molecular complexity index is 1010. The predicted octanol–water partition coefficient (Wildman–Crippen LogP) is 2.07. The zero-order valence-corrected chi connectivity index (χ0v) is 16.0. The van der Waals surface area contributed by atoms with Crippen LogP contribution in [-0.4, -0.2) is 55.9 Å². The van der Waals surface area contributed by atoms with E-state index in [2.05, 4.69) is 0 Å². The average molecular weight is 397 g/mol. The molecule has 0 N–H and O–H groups in total. The van der Waals surface area contributed by atoms with Crippen LogP contribution in [0.5, 0.6) is 0 Å². The van der Waals surface area contributed by atoms with Crippen molar-refractivity contribution in [3.63, 3.8) is 0 Å². The Hall–Kier alpha value is -2.42. The molecule has 1 aliphatic heterocycles. The molecule has 27 heavy (non-hydrogen) atoms. The van der Waals surface area contributed by atoms with Gasteiger partial charge in [0.05, 0.1) is 11.5 Å². The van der Waals surface area contributed by atoms with Gasteiger partial charge in [0.2, 0.25) is 5.76 Å². The summed E-state index contributed by atoms with van der Waals surface area (Å²) in [5, 5.41) is 0.453. The van der Waals surface area contributed by atoms with Crippen LogP contribution in [0.25, 0.3) is 11.0 Å². The van der Waals surface area contributed by atoms with Crippen LogP contribution in [0.3, 0.4) is 0 Å². The van der Waals surface area contributed by atoms with Crippen LogP contribution in [0.2, 0.25) is 0 Å². The van der Waals surface area contributed by atoms with Crippen molar-refractivity contribution in [2.24, 2.45) is 0 Å². The molecular formula is C18H20FNO6S. The number of carbonyl (C=O) groups excluding carboxylic acids is 2. The normalized spacial score (nSPS) is 19.8. The van der Waals surface area contributed by atoms with Gasteiger partial charge in [0.25, 0.3) is 5.91 Å². The molecule has 2 aromatic rings. The van der Waals surface area contributed by atoms with Gasteiger partial charge in [-0.2, -0.15) is 0 Å². The van der Waals surface area contributed by atoms with Crippen molar-refractivity contribution >= 4 is 32.7 Å². The second-order valence-corrected chi connectivity index (χ2v) is 8.95. The van der Waals surface area contributed by atoms with Gasteiger partial charge in [0.1, 0.15) is 0 Å². The monoisotopic (exact) mass is 397 g/mol. The molecule has 0 spiro atoms. The first-order valence-electron chi connectivity index (χ1n) is 8.46. The predicted molar refractivity (Wildman–Crippen MR) is 95.6 cm³/mol. The number of likely N-dealkylation sites (N-methyl/N-ethyl adjacent to an activating group) is 1. The Morgan fingerprint density at radius 3 is 2.67 bits per heavy atom. The van der Waals surface area contributed by atoms with Crippen molar-refractivity contribution in [2.75, 3.05) is 18.6 Å². The van der Waals surface area contributed by atoms with Crippen LogP contribution in [0.4, 0.5) is 4.39 Å². The fourth-order valence-corrected chi connectivity index (χ4v) is 4.99. The summed E-state index contributed by atoms with van der Waals surface area (Å²) >= 11 is 0. The van der Waals surface area contributed by atoms with Crippen LogP contribution in [0, 0.1) is 12.7 Å². The van der Waals surface area contributed by atoms with Gasteiger partial charge < -0.3 is 14.1 Å². The fourth-order valence-electron chi connectivity index (χ4n) is 3.22. The highest BCUT2D eigenvalue weighted by molar-refractivity contribution is 7.91. The molecule has 0 aliphatic carbocycles. The van der Waals surface area contributed by atoms with Gasteiger partial charge >= 0.3 is 5.97 Å². The van der Waals surface area contributed by atoms with E-state index in [4.69, 9.17) is 9.15 Å². The van der Waals surface area contributed by atoms with E-state index < -0.39 is 39.7 Å². The first-order chi connectivity index (χ1) is 12.6. The number of nitrogens with zero attached hydrogens (tertiary/aromatic N) is 1. The first-order valence-corrected chi connectivity index (χ1v) is 10.3. The Balaban J connectivity index is 1.73. The van der Waals surface area contributed by atoms with Crippen molar-refractivity contribution in [3.8, 4) is 0 Å². The average Bonchev–Trinajstić information content (AvgIpc) is 3.14. The second kappa shape index (κ2) is 6.95. The molecule has 3 rings (SSSR count). The topological polar surface area (TPSA) is 93.9 Å². The summed E-state index contributed by atoms with van der Waals surface area (Å²) in [4.78, 5) is 26.2. The third-order valence-electron chi connectivity index (χ3n) is 4.84. The van der Waals surface area contributed by atoms with Gasteiger partial charge in [-0.25, -0.2) is 17.6 Å². The molecule has 1 fully saturated rings. The Labute approximate surface area is 156 Å². The summed E-state index contributed by atoms with van der Waals surface area (Å²) in [5.41, 5.74) is 0.374. The number of furan rings is 1. The number of hydrogen-bond acceptors (Lipinski definition) is 6. The maximum absolute atomic E-state index is 13.8. The minimum absolute atomic E-state index is 0.0349. The molecule has 1 aromatic carbocycles. The molecule has 1 aromatic heterocycles. The Morgan fingerprint density at radius 2 is 2.07 bits per heavy atom.